The van der Waals surface area contributed by atoms with Crippen molar-refractivity contribution in [3.63, 3.8) is 0 Å². The lowest BCUT2D eigenvalue weighted by molar-refractivity contribution is 0.214. The highest BCUT2D eigenvalue weighted by Crippen LogP contribution is 2.33. The van der Waals surface area contributed by atoms with Gasteiger partial charge in [-0.2, -0.15) is 0 Å². The van der Waals surface area contributed by atoms with Crippen molar-refractivity contribution in [2.24, 2.45) is 10.9 Å². The highest BCUT2D eigenvalue weighted by molar-refractivity contribution is 5.80. The average molecular weight is 375 g/mol. The average Bonchev–Trinajstić information content (AvgIpc) is 2.69. The maximum absolute atomic E-state index is 5.49. The van der Waals surface area contributed by atoms with E-state index in [9.17, 15) is 0 Å². The molecular formula is C21H34N4O2. The minimum absolute atomic E-state index is 0.666. The minimum atomic E-state index is 0.666. The maximum Gasteiger partial charge on any atom is 0.194 e. The van der Waals surface area contributed by atoms with Crippen molar-refractivity contribution < 1.29 is 9.47 Å². The fourth-order valence-corrected chi connectivity index (χ4v) is 4.13. The van der Waals surface area contributed by atoms with Crippen LogP contribution in [-0.2, 0) is 13.0 Å². The summed E-state index contributed by atoms with van der Waals surface area (Å²) in [6.07, 6.45) is 3.56. The van der Waals surface area contributed by atoms with Gasteiger partial charge in [-0.25, -0.2) is 0 Å². The molecule has 2 aliphatic heterocycles. The Bertz CT molecular complexity index is 662. The molecule has 1 saturated heterocycles. The summed E-state index contributed by atoms with van der Waals surface area (Å²) in [6.45, 7) is 8.12. The summed E-state index contributed by atoms with van der Waals surface area (Å²) in [4.78, 5) is 9.78. The summed E-state index contributed by atoms with van der Waals surface area (Å²) in [7, 11) is 5.60. The Balaban J connectivity index is 1.72. The summed E-state index contributed by atoms with van der Waals surface area (Å²) in [5, 5.41) is 3.49. The first-order valence-corrected chi connectivity index (χ1v) is 10.1. The third kappa shape index (κ3) is 4.86. The van der Waals surface area contributed by atoms with Crippen molar-refractivity contribution in [3.05, 3.63) is 23.3 Å². The molecule has 0 radical (unpaired) electrons. The molecule has 0 bridgehead atoms. The Kier molecular flexibility index (Phi) is 6.83. The molecule has 6 heteroatoms. The monoisotopic (exact) mass is 374 g/mol. The molecule has 0 aliphatic carbocycles. The summed E-state index contributed by atoms with van der Waals surface area (Å²) in [5.41, 5.74) is 2.63. The minimum Gasteiger partial charge on any atom is -0.493 e. The number of piperidine rings is 1. The molecule has 1 unspecified atom stereocenters. The number of hydrogen-bond donors (Lipinski definition) is 1. The molecule has 0 spiro atoms. The number of rotatable bonds is 5. The van der Waals surface area contributed by atoms with Crippen LogP contribution < -0.4 is 14.8 Å². The van der Waals surface area contributed by atoms with Gasteiger partial charge >= 0.3 is 0 Å². The van der Waals surface area contributed by atoms with E-state index in [1.54, 1.807) is 14.2 Å². The molecule has 3 rings (SSSR count). The van der Waals surface area contributed by atoms with Crippen molar-refractivity contribution >= 4 is 5.96 Å². The summed E-state index contributed by atoms with van der Waals surface area (Å²) < 4.78 is 10.9. The Morgan fingerprint density at radius 1 is 1.19 bits per heavy atom. The molecule has 2 aliphatic rings. The summed E-state index contributed by atoms with van der Waals surface area (Å²) in [6, 6.07) is 4.23. The second-order valence-electron chi connectivity index (χ2n) is 7.61. The highest BCUT2D eigenvalue weighted by atomic mass is 16.5. The van der Waals surface area contributed by atoms with Crippen molar-refractivity contribution in [3.8, 4) is 11.5 Å². The highest BCUT2D eigenvalue weighted by Gasteiger charge is 2.22. The van der Waals surface area contributed by atoms with E-state index >= 15 is 0 Å². The van der Waals surface area contributed by atoms with Crippen LogP contribution in [0.4, 0.5) is 0 Å². The van der Waals surface area contributed by atoms with Crippen LogP contribution in [0.2, 0.25) is 0 Å². The number of ether oxygens (including phenoxy) is 2. The molecule has 0 aromatic heterocycles. The van der Waals surface area contributed by atoms with Gasteiger partial charge in [0.2, 0.25) is 0 Å². The fourth-order valence-electron chi connectivity index (χ4n) is 4.13. The zero-order chi connectivity index (χ0) is 19.2. The number of methoxy groups -OCH3 is 2. The number of aliphatic imine (C=N–C) groups is 1. The number of guanidine groups is 1. The molecule has 6 nitrogen and oxygen atoms in total. The molecule has 1 aromatic rings. The first-order valence-electron chi connectivity index (χ1n) is 10.1. The topological polar surface area (TPSA) is 49.3 Å². The lowest BCUT2D eigenvalue weighted by Crippen LogP contribution is -2.44. The van der Waals surface area contributed by atoms with E-state index in [2.05, 4.69) is 41.2 Å². The largest absolute Gasteiger partial charge is 0.493 e. The van der Waals surface area contributed by atoms with E-state index in [0.29, 0.717) is 5.92 Å². The lowest BCUT2D eigenvalue weighted by Gasteiger charge is -2.33. The predicted octanol–water partition coefficient (Wildman–Crippen LogP) is 2.37. The molecule has 2 heterocycles. The molecule has 1 atom stereocenters. The van der Waals surface area contributed by atoms with Crippen LogP contribution in [0.25, 0.3) is 0 Å². The van der Waals surface area contributed by atoms with Gasteiger partial charge in [-0.1, -0.05) is 0 Å². The van der Waals surface area contributed by atoms with E-state index in [0.717, 1.165) is 56.6 Å². The Hall–Kier alpha value is -1.95. The van der Waals surface area contributed by atoms with Crippen LogP contribution in [0.15, 0.2) is 17.1 Å². The van der Waals surface area contributed by atoms with E-state index in [4.69, 9.17) is 14.5 Å². The number of nitrogens with zero attached hydrogens (tertiary/aromatic N) is 3. The SMILES string of the molecule is CCNC(=NCC1CCCN(C)C1)N1CCc2cc(OC)c(OC)cc2C1. The van der Waals surface area contributed by atoms with E-state index in [-0.39, 0.29) is 0 Å². The van der Waals surface area contributed by atoms with Crippen LogP contribution in [0.3, 0.4) is 0 Å². The first-order chi connectivity index (χ1) is 13.1. The standard InChI is InChI=1S/C21H34N4O2/c1-5-22-21(23-13-16-7-6-9-24(2)14-16)25-10-8-17-11-19(26-3)20(27-4)12-18(17)15-25/h11-12,16H,5-10,13-15H2,1-4H3,(H,22,23). The van der Waals surface area contributed by atoms with Gasteiger partial charge in [0.1, 0.15) is 0 Å². The summed E-state index contributed by atoms with van der Waals surface area (Å²) in [5.74, 6) is 3.31. The van der Waals surface area contributed by atoms with Crippen LogP contribution in [-0.4, -0.2) is 69.8 Å². The number of nitrogens with one attached hydrogen (secondary N) is 1. The molecule has 1 N–H and O–H groups in total. The lowest BCUT2D eigenvalue weighted by atomic mass is 9.98. The Morgan fingerprint density at radius 2 is 1.93 bits per heavy atom. The van der Waals surface area contributed by atoms with Gasteiger partial charge in [-0.15, -0.1) is 0 Å². The van der Waals surface area contributed by atoms with Crippen LogP contribution >= 0.6 is 0 Å². The van der Waals surface area contributed by atoms with Crippen LogP contribution in [0, 0.1) is 5.92 Å². The van der Waals surface area contributed by atoms with Gasteiger partial charge in [0, 0.05) is 32.7 Å². The van der Waals surface area contributed by atoms with Gasteiger partial charge < -0.3 is 24.6 Å². The Morgan fingerprint density at radius 3 is 2.59 bits per heavy atom. The molecule has 27 heavy (non-hydrogen) atoms. The van der Waals surface area contributed by atoms with Crippen molar-refractivity contribution in [2.75, 3.05) is 54.0 Å². The third-order valence-corrected chi connectivity index (χ3v) is 5.57. The number of fused-ring (bicyclic) bond motifs is 1. The number of benzene rings is 1. The quantitative estimate of drug-likeness (QED) is 0.633. The summed E-state index contributed by atoms with van der Waals surface area (Å²) >= 11 is 0. The van der Waals surface area contributed by atoms with Gasteiger partial charge in [0.05, 0.1) is 14.2 Å². The van der Waals surface area contributed by atoms with Crippen molar-refractivity contribution in [1.29, 1.82) is 0 Å². The predicted molar refractivity (Wildman–Crippen MR) is 110 cm³/mol. The fraction of sp³-hybridized carbons (Fsp3) is 0.667. The second-order valence-corrected chi connectivity index (χ2v) is 7.61. The number of likely N-dealkylation sites (tertiary alicyclic amines) is 1. The van der Waals surface area contributed by atoms with Crippen LogP contribution in [0.5, 0.6) is 11.5 Å². The van der Waals surface area contributed by atoms with E-state index < -0.39 is 0 Å². The van der Waals surface area contributed by atoms with Gasteiger partial charge in [0.15, 0.2) is 17.5 Å². The smallest absolute Gasteiger partial charge is 0.194 e. The van der Waals surface area contributed by atoms with Gasteiger partial charge in [-0.3, -0.25) is 4.99 Å². The Labute approximate surface area is 163 Å². The van der Waals surface area contributed by atoms with Crippen molar-refractivity contribution in [2.45, 2.75) is 32.7 Å². The zero-order valence-corrected chi connectivity index (χ0v) is 17.3. The van der Waals surface area contributed by atoms with E-state index in [1.807, 2.05) is 0 Å². The first kappa shape index (κ1) is 19.8. The second kappa shape index (κ2) is 9.31. The molecule has 0 saturated carbocycles. The number of hydrogen-bond acceptors (Lipinski definition) is 4. The molecule has 0 amide bonds. The zero-order valence-electron chi connectivity index (χ0n) is 17.3. The normalized spacial score (nSPS) is 21.0. The third-order valence-electron chi connectivity index (χ3n) is 5.57. The molecular weight excluding hydrogens is 340 g/mol. The van der Waals surface area contributed by atoms with Crippen molar-refractivity contribution in [1.82, 2.24) is 15.1 Å². The van der Waals surface area contributed by atoms with E-state index in [1.165, 1.54) is 30.5 Å². The molecule has 150 valence electrons. The molecule has 1 aromatic carbocycles. The molecule has 1 fully saturated rings. The maximum atomic E-state index is 5.49. The van der Waals surface area contributed by atoms with Gasteiger partial charge in [-0.05, 0) is 69.0 Å². The van der Waals surface area contributed by atoms with Gasteiger partial charge in [0.25, 0.3) is 0 Å². The van der Waals surface area contributed by atoms with Crippen LogP contribution in [0.1, 0.15) is 30.9 Å².